The zero-order valence-electron chi connectivity index (χ0n) is 9.21. The maximum Gasteiger partial charge on any atom is 0.313 e. The fourth-order valence-corrected chi connectivity index (χ4v) is 1.77. The minimum atomic E-state index is -0.598. The molecule has 98 valence electrons. The first-order chi connectivity index (χ1) is 9.00. The molecule has 0 saturated carbocycles. The van der Waals surface area contributed by atoms with Crippen LogP contribution in [0, 0.1) is 10.1 Å². The molecule has 1 aromatic heterocycles. The molecule has 1 aromatic carbocycles. The van der Waals surface area contributed by atoms with Crippen molar-refractivity contribution in [3.8, 4) is 11.6 Å². The van der Waals surface area contributed by atoms with Crippen LogP contribution in [0.25, 0.3) is 0 Å². The number of hydrogen-bond donors (Lipinski definition) is 1. The van der Waals surface area contributed by atoms with Gasteiger partial charge in [0, 0.05) is 6.07 Å². The van der Waals surface area contributed by atoms with E-state index in [1.165, 1.54) is 24.5 Å². The second-order valence-corrected chi connectivity index (χ2v) is 4.53. The number of nitrogen functional groups attached to an aromatic ring is 1. The number of ether oxygens (including phenoxy) is 1. The summed E-state index contributed by atoms with van der Waals surface area (Å²) in [6.45, 7) is 0. The molecule has 9 heteroatoms. The summed E-state index contributed by atoms with van der Waals surface area (Å²) in [4.78, 5) is 17.9. The first kappa shape index (κ1) is 13.5. The molecule has 2 aromatic rings. The third kappa shape index (κ3) is 2.74. The Kier molecular flexibility index (Phi) is 3.82. The van der Waals surface area contributed by atoms with Crippen LogP contribution in [0.5, 0.6) is 11.6 Å². The number of nitrogens with zero attached hydrogens (tertiary/aromatic N) is 3. The molecule has 0 fully saturated rings. The summed E-state index contributed by atoms with van der Waals surface area (Å²) >= 11 is 9.03. The van der Waals surface area contributed by atoms with Crippen molar-refractivity contribution in [2.75, 3.05) is 5.73 Å². The molecule has 0 amide bonds. The topological polar surface area (TPSA) is 104 Å². The molecule has 0 aliphatic rings. The van der Waals surface area contributed by atoms with Gasteiger partial charge in [0.2, 0.25) is 11.6 Å². The quantitative estimate of drug-likeness (QED) is 0.676. The maximum absolute atomic E-state index is 10.9. The molecule has 0 aliphatic heterocycles. The predicted octanol–water partition coefficient (Wildman–Crippen LogP) is 3.18. The molecule has 7 nitrogen and oxygen atoms in total. The van der Waals surface area contributed by atoms with Gasteiger partial charge in [0.1, 0.15) is 16.6 Å². The van der Waals surface area contributed by atoms with E-state index in [1.807, 2.05) is 0 Å². The molecule has 0 saturated heterocycles. The molecule has 0 atom stereocenters. The average Bonchev–Trinajstić information content (AvgIpc) is 2.36. The number of halogens is 2. The number of rotatable bonds is 3. The summed E-state index contributed by atoms with van der Waals surface area (Å²) in [5.41, 5.74) is 5.30. The highest BCUT2D eigenvalue weighted by atomic mass is 79.9. The fraction of sp³-hybridized carbons (Fsp3) is 0. The summed E-state index contributed by atoms with van der Waals surface area (Å²) in [7, 11) is 0. The first-order valence-corrected chi connectivity index (χ1v) is 6.04. The zero-order chi connectivity index (χ0) is 14.0. The van der Waals surface area contributed by atoms with E-state index < -0.39 is 4.92 Å². The Balaban J connectivity index is 2.49. The minimum Gasteiger partial charge on any atom is -0.429 e. The van der Waals surface area contributed by atoms with Crippen molar-refractivity contribution in [1.82, 2.24) is 9.97 Å². The van der Waals surface area contributed by atoms with E-state index in [1.54, 1.807) is 0 Å². The molecule has 0 bridgehead atoms. The van der Waals surface area contributed by atoms with Gasteiger partial charge in [-0.15, -0.1) is 0 Å². The van der Waals surface area contributed by atoms with Crippen LogP contribution in [0.3, 0.4) is 0 Å². The van der Waals surface area contributed by atoms with Gasteiger partial charge in [0.15, 0.2) is 0 Å². The monoisotopic (exact) mass is 344 g/mol. The van der Waals surface area contributed by atoms with Crippen molar-refractivity contribution in [1.29, 1.82) is 0 Å². The van der Waals surface area contributed by atoms with Gasteiger partial charge in [-0.25, -0.2) is 9.97 Å². The molecule has 2 N–H and O–H groups in total. The van der Waals surface area contributed by atoms with Crippen molar-refractivity contribution in [3.05, 3.63) is 44.1 Å². The van der Waals surface area contributed by atoms with Crippen LogP contribution in [0.4, 0.5) is 11.5 Å². The van der Waals surface area contributed by atoms with Crippen molar-refractivity contribution < 1.29 is 9.66 Å². The Morgan fingerprint density at radius 2 is 2.16 bits per heavy atom. The summed E-state index contributed by atoms with van der Waals surface area (Å²) in [6.07, 6.45) is 1.18. The highest BCUT2D eigenvalue weighted by Crippen LogP contribution is 2.39. The summed E-state index contributed by atoms with van der Waals surface area (Å²) < 4.78 is 5.66. The second kappa shape index (κ2) is 5.37. The Morgan fingerprint density at radius 3 is 2.84 bits per heavy atom. The predicted molar refractivity (Wildman–Crippen MR) is 72.3 cm³/mol. The van der Waals surface area contributed by atoms with E-state index in [9.17, 15) is 10.1 Å². The van der Waals surface area contributed by atoms with Gasteiger partial charge in [-0.05, 0) is 22.0 Å². The molecular weight excluding hydrogens is 339 g/mol. The van der Waals surface area contributed by atoms with Crippen molar-refractivity contribution in [3.63, 3.8) is 0 Å². The zero-order valence-corrected chi connectivity index (χ0v) is 11.6. The average molecular weight is 346 g/mol. The summed E-state index contributed by atoms with van der Waals surface area (Å²) in [6, 6.07) is 4.21. The van der Waals surface area contributed by atoms with Crippen LogP contribution >= 0.6 is 27.5 Å². The Hall–Kier alpha value is -1.93. The number of nitro groups is 1. The van der Waals surface area contributed by atoms with Crippen LogP contribution < -0.4 is 10.5 Å². The molecule has 0 unspecified atom stereocenters. The van der Waals surface area contributed by atoms with Crippen LogP contribution in [-0.2, 0) is 0 Å². The second-order valence-electron chi connectivity index (χ2n) is 3.33. The third-order valence-electron chi connectivity index (χ3n) is 2.13. The lowest BCUT2D eigenvalue weighted by molar-refractivity contribution is -0.385. The fourth-order valence-electron chi connectivity index (χ4n) is 1.28. The van der Waals surface area contributed by atoms with Gasteiger partial charge < -0.3 is 10.5 Å². The van der Waals surface area contributed by atoms with Gasteiger partial charge in [0.05, 0.1) is 9.95 Å². The lowest BCUT2D eigenvalue weighted by atomic mass is 10.3. The van der Waals surface area contributed by atoms with Crippen molar-refractivity contribution >= 4 is 39.0 Å². The highest BCUT2D eigenvalue weighted by Gasteiger charge is 2.21. The largest absolute Gasteiger partial charge is 0.429 e. The molecular formula is C10H6BrClN4O3. The van der Waals surface area contributed by atoms with Crippen molar-refractivity contribution in [2.24, 2.45) is 0 Å². The first-order valence-electron chi connectivity index (χ1n) is 4.87. The van der Waals surface area contributed by atoms with E-state index >= 15 is 0 Å². The number of anilines is 1. The minimum absolute atomic E-state index is 0.0451. The highest BCUT2D eigenvalue weighted by molar-refractivity contribution is 9.10. The van der Waals surface area contributed by atoms with Crippen LogP contribution in [0.2, 0.25) is 5.02 Å². The number of para-hydroxylation sites is 1. The summed E-state index contributed by atoms with van der Waals surface area (Å²) in [5, 5.41) is 11.0. The van der Waals surface area contributed by atoms with Crippen LogP contribution in [0.15, 0.2) is 29.0 Å². The van der Waals surface area contributed by atoms with Crippen molar-refractivity contribution in [2.45, 2.75) is 0 Å². The van der Waals surface area contributed by atoms with Crippen LogP contribution in [-0.4, -0.2) is 14.9 Å². The molecule has 2 rings (SSSR count). The van der Waals surface area contributed by atoms with Gasteiger partial charge in [-0.1, -0.05) is 17.7 Å². The maximum atomic E-state index is 10.9. The third-order valence-corrected chi connectivity index (χ3v) is 3.17. The van der Waals surface area contributed by atoms with Crippen LogP contribution in [0.1, 0.15) is 0 Å². The molecule has 0 spiro atoms. The van der Waals surface area contributed by atoms with E-state index in [0.29, 0.717) is 4.47 Å². The van der Waals surface area contributed by atoms with E-state index in [2.05, 4.69) is 25.9 Å². The smallest absolute Gasteiger partial charge is 0.313 e. The number of benzene rings is 1. The normalized spacial score (nSPS) is 10.2. The SMILES string of the molecule is Nc1ncnc(Oc2c(Cl)cccc2[N+](=O)[O-])c1Br. The number of nitro benzene ring substituents is 1. The number of hydrogen-bond acceptors (Lipinski definition) is 6. The van der Waals surface area contributed by atoms with Gasteiger partial charge in [-0.3, -0.25) is 10.1 Å². The van der Waals surface area contributed by atoms with Gasteiger partial charge >= 0.3 is 5.69 Å². The lowest BCUT2D eigenvalue weighted by Crippen LogP contribution is -1.99. The standard InChI is InChI=1S/C10H6BrClN4O3/c11-7-9(13)14-4-15-10(7)19-8-5(12)2-1-3-6(8)16(17)18/h1-4H,(H2,13,14,15). The van der Waals surface area contributed by atoms with Gasteiger partial charge in [0.25, 0.3) is 0 Å². The Morgan fingerprint density at radius 1 is 1.42 bits per heavy atom. The Bertz CT molecular complexity index is 653. The number of nitrogens with two attached hydrogens (primary N) is 1. The number of aromatic nitrogens is 2. The molecule has 19 heavy (non-hydrogen) atoms. The van der Waals surface area contributed by atoms with E-state index in [-0.39, 0.29) is 28.2 Å². The van der Waals surface area contributed by atoms with E-state index in [4.69, 9.17) is 22.1 Å². The van der Waals surface area contributed by atoms with E-state index in [0.717, 1.165) is 0 Å². The molecule has 1 heterocycles. The van der Waals surface area contributed by atoms with Gasteiger partial charge in [-0.2, -0.15) is 0 Å². The summed E-state index contributed by atoms with van der Waals surface area (Å²) in [5.74, 6) is 0.0939. The Labute approximate surface area is 120 Å². The molecule has 0 aliphatic carbocycles. The lowest BCUT2D eigenvalue weighted by Gasteiger charge is -2.08. The molecule has 0 radical (unpaired) electrons.